The molecule has 0 aromatic carbocycles. The van der Waals surface area contributed by atoms with Crippen molar-refractivity contribution in [1.29, 1.82) is 0 Å². The van der Waals surface area contributed by atoms with E-state index in [0.29, 0.717) is 24.1 Å². The lowest BCUT2D eigenvalue weighted by molar-refractivity contribution is 0.257. The Labute approximate surface area is 120 Å². The van der Waals surface area contributed by atoms with E-state index >= 15 is 0 Å². The molecule has 1 aliphatic carbocycles. The normalized spacial score (nSPS) is 23.9. The molecular weight excluding hydrogens is 276 g/mol. The zero-order valence-electron chi connectivity index (χ0n) is 12.4. The molecule has 114 valence electrons. The highest BCUT2D eigenvalue weighted by atomic mass is 32.2. The minimum atomic E-state index is -3.58. The first-order chi connectivity index (χ1) is 9.33. The number of nitrogens with zero attached hydrogens (tertiary/aromatic N) is 2. The van der Waals surface area contributed by atoms with Gasteiger partial charge in [-0.3, -0.25) is 4.68 Å². The van der Waals surface area contributed by atoms with Crippen LogP contribution in [0.25, 0.3) is 0 Å². The molecule has 1 aromatic heterocycles. The first-order valence-corrected chi connectivity index (χ1v) is 8.60. The molecule has 2 atom stereocenters. The van der Waals surface area contributed by atoms with Gasteiger partial charge in [0.2, 0.25) is 10.0 Å². The lowest BCUT2D eigenvalue weighted by Gasteiger charge is -2.28. The Morgan fingerprint density at radius 3 is 2.60 bits per heavy atom. The van der Waals surface area contributed by atoms with Crippen LogP contribution in [0, 0.1) is 18.8 Å². The Morgan fingerprint density at radius 2 is 2.05 bits per heavy atom. The van der Waals surface area contributed by atoms with E-state index in [1.54, 1.807) is 14.0 Å². The van der Waals surface area contributed by atoms with Crippen LogP contribution in [-0.2, 0) is 17.1 Å². The fourth-order valence-corrected chi connectivity index (χ4v) is 4.35. The molecule has 0 bridgehead atoms. The summed E-state index contributed by atoms with van der Waals surface area (Å²) >= 11 is 0. The van der Waals surface area contributed by atoms with Crippen LogP contribution in [-0.4, -0.2) is 24.7 Å². The number of sulfonamides is 1. The number of nitrogens with two attached hydrogens (primary N) is 1. The quantitative estimate of drug-likeness (QED) is 0.880. The van der Waals surface area contributed by atoms with E-state index in [4.69, 9.17) is 5.73 Å². The lowest BCUT2D eigenvalue weighted by atomic mass is 9.81. The van der Waals surface area contributed by atoms with Crippen LogP contribution in [0.4, 0.5) is 5.82 Å². The average molecular weight is 300 g/mol. The van der Waals surface area contributed by atoms with E-state index in [1.165, 1.54) is 23.9 Å². The van der Waals surface area contributed by atoms with Crippen molar-refractivity contribution in [3.8, 4) is 0 Å². The van der Waals surface area contributed by atoms with Crippen LogP contribution in [0.15, 0.2) is 4.90 Å². The summed E-state index contributed by atoms with van der Waals surface area (Å²) in [4.78, 5) is 0.114. The Morgan fingerprint density at radius 1 is 1.40 bits per heavy atom. The number of hydrogen-bond donors (Lipinski definition) is 2. The largest absolute Gasteiger partial charge is 0.381 e. The third-order valence-electron chi connectivity index (χ3n) is 4.40. The van der Waals surface area contributed by atoms with Gasteiger partial charge in [-0.2, -0.15) is 5.10 Å². The summed E-state index contributed by atoms with van der Waals surface area (Å²) in [6, 6.07) is 0. The van der Waals surface area contributed by atoms with Gasteiger partial charge in [-0.05, 0) is 25.2 Å². The molecule has 1 aromatic rings. The van der Waals surface area contributed by atoms with Gasteiger partial charge >= 0.3 is 0 Å². The molecule has 0 saturated heterocycles. The van der Waals surface area contributed by atoms with Crippen molar-refractivity contribution in [2.75, 3.05) is 12.3 Å². The minimum absolute atomic E-state index is 0.0641. The zero-order valence-corrected chi connectivity index (χ0v) is 13.2. The topological polar surface area (TPSA) is 90.0 Å². The Kier molecular flexibility index (Phi) is 4.39. The molecule has 2 rings (SSSR count). The van der Waals surface area contributed by atoms with Crippen molar-refractivity contribution >= 4 is 15.8 Å². The number of anilines is 1. The van der Waals surface area contributed by atoms with Gasteiger partial charge in [0.05, 0.1) is 5.69 Å². The maximum Gasteiger partial charge on any atom is 0.246 e. The first-order valence-electron chi connectivity index (χ1n) is 7.11. The molecule has 1 aliphatic rings. The highest BCUT2D eigenvalue weighted by Crippen LogP contribution is 2.29. The van der Waals surface area contributed by atoms with Crippen molar-refractivity contribution in [2.24, 2.45) is 18.9 Å². The van der Waals surface area contributed by atoms with Crippen LogP contribution < -0.4 is 10.5 Å². The molecule has 0 amide bonds. The first kappa shape index (κ1) is 15.3. The van der Waals surface area contributed by atoms with Crippen LogP contribution in [0.5, 0.6) is 0 Å². The zero-order chi connectivity index (χ0) is 14.9. The number of nitrogen functional groups attached to an aromatic ring is 1. The summed E-state index contributed by atoms with van der Waals surface area (Å²) < 4.78 is 29.0. The van der Waals surface area contributed by atoms with E-state index in [2.05, 4.69) is 16.7 Å². The van der Waals surface area contributed by atoms with Crippen molar-refractivity contribution in [2.45, 2.75) is 44.4 Å². The number of aryl methyl sites for hydroxylation is 1. The van der Waals surface area contributed by atoms with Gasteiger partial charge in [0.25, 0.3) is 0 Å². The average Bonchev–Trinajstić information content (AvgIpc) is 2.62. The number of aromatic nitrogens is 2. The third-order valence-corrected chi connectivity index (χ3v) is 5.99. The van der Waals surface area contributed by atoms with Crippen molar-refractivity contribution in [3.63, 3.8) is 0 Å². The summed E-state index contributed by atoms with van der Waals surface area (Å²) in [5, 5.41) is 3.96. The van der Waals surface area contributed by atoms with Gasteiger partial charge in [0, 0.05) is 13.6 Å². The van der Waals surface area contributed by atoms with Crippen LogP contribution in [0.1, 0.15) is 38.3 Å². The predicted molar refractivity (Wildman–Crippen MR) is 78.7 cm³/mol. The highest BCUT2D eigenvalue weighted by molar-refractivity contribution is 7.89. The van der Waals surface area contributed by atoms with Crippen molar-refractivity contribution in [1.82, 2.24) is 14.5 Å². The Hall–Kier alpha value is -1.08. The number of hydrogen-bond acceptors (Lipinski definition) is 4. The van der Waals surface area contributed by atoms with E-state index in [0.717, 1.165) is 6.42 Å². The van der Waals surface area contributed by atoms with Gasteiger partial charge in [0.1, 0.15) is 4.90 Å². The summed E-state index contributed by atoms with van der Waals surface area (Å²) in [5.41, 5.74) is 6.28. The summed E-state index contributed by atoms with van der Waals surface area (Å²) in [6.45, 7) is 4.39. The molecule has 1 heterocycles. The Balaban J connectivity index is 2.11. The third kappa shape index (κ3) is 2.98. The molecule has 7 heteroatoms. The second-order valence-corrected chi connectivity index (χ2v) is 7.50. The van der Waals surface area contributed by atoms with E-state index < -0.39 is 10.0 Å². The maximum absolute atomic E-state index is 12.4. The molecule has 20 heavy (non-hydrogen) atoms. The fourth-order valence-electron chi connectivity index (χ4n) is 2.93. The van der Waals surface area contributed by atoms with Crippen molar-refractivity contribution in [3.05, 3.63) is 5.69 Å². The minimum Gasteiger partial charge on any atom is -0.381 e. The Bertz CT molecular complexity index is 579. The summed E-state index contributed by atoms with van der Waals surface area (Å²) in [7, 11) is -1.89. The van der Waals surface area contributed by atoms with Gasteiger partial charge < -0.3 is 5.73 Å². The summed E-state index contributed by atoms with van der Waals surface area (Å²) in [6.07, 6.45) is 4.70. The smallest absolute Gasteiger partial charge is 0.246 e. The maximum atomic E-state index is 12.4. The highest BCUT2D eigenvalue weighted by Gasteiger charge is 2.27. The lowest BCUT2D eigenvalue weighted by Crippen LogP contribution is -2.33. The molecule has 0 spiro atoms. The van der Waals surface area contributed by atoms with Gasteiger partial charge in [-0.1, -0.05) is 26.2 Å². The molecule has 6 nitrogen and oxygen atoms in total. The SMILES string of the molecule is Cc1c(S(=O)(=O)NCC2CCCCC2C)c(N)nn1C. The molecular formula is C13H24N4O2S. The molecule has 1 fully saturated rings. The van der Waals surface area contributed by atoms with Crippen LogP contribution >= 0.6 is 0 Å². The predicted octanol–water partition coefficient (Wildman–Crippen LogP) is 1.42. The summed E-state index contributed by atoms with van der Waals surface area (Å²) in [5.74, 6) is 1.05. The van der Waals surface area contributed by atoms with Gasteiger partial charge in [-0.25, -0.2) is 13.1 Å². The molecule has 0 aliphatic heterocycles. The van der Waals surface area contributed by atoms with Crippen LogP contribution in [0.2, 0.25) is 0 Å². The second kappa shape index (κ2) is 5.73. The van der Waals surface area contributed by atoms with Crippen molar-refractivity contribution < 1.29 is 8.42 Å². The number of rotatable bonds is 4. The molecule has 2 unspecified atom stereocenters. The molecule has 3 N–H and O–H groups in total. The fraction of sp³-hybridized carbons (Fsp3) is 0.769. The van der Waals surface area contributed by atoms with Crippen LogP contribution in [0.3, 0.4) is 0 Å². The standard InChI is InChI=1S/C13H24N4O2S/c1-9-6-4-5-7-11(9)8-15-20(18,19)12-10(2)17(3)16-13(12)14/h9,11,15H,4-8H2,1-3H3,(H2,14,16). The second-order valence-electron chi connectivity index (χ2n) is 5.80. The van der Waals surface area contributed by atoms with E-state index in [9.17, 15) is 8.42 Å². The number of nitrogens with one attached hydrogen (secondary N) is 1. The van der Waals surface area contributed by atoms with Gasteiger partial charge in [-0.15, -0.1) is 0 Å². The van der Waals surface area contributed by atoms with E-state index in [-0.39, 0.29) is 10.7 Å². The molecule has 0 radical (unpaired) electrons. The van der Waals surface area contributed by atoms with Gasteiger partial charge in [0.15, 0.2) is 5.82 Å². The molecule has 1 saturated carbocycles. The van der Waals surface area contributed by atoms with E-state index in [1.807, 2.05) is 0 Å². The monoisotopic (exact) mass is 300 g/mol.